The Labute approximate surface area is 112 Å². The van der Waals surface area contributed by atoms with Gasteiger partial charge in [-0.05, 0) is 23.9 Å². The molecule has 0 aliphatic rings. The molecule has 2 aromatic rings. The number of aromatic amines is 1. The van der Waals surface area contributed by atoms with E-state index in [1.54, 1.807) is 0 Å². The first-order valence-electron chi connectivity index (χ1n) is 5.51. The van der Waals surface area contributed by atoms with Gasteiger partial charge in [-0.1, -0.05) is 13.8 Å². The number of aromatic nitrogens is 3. The fourth-order valence-corrected chi connectivity index (χ4v) is 2.19. The van der Waals surface area contributed by atoms with Crippen molar-refractivity contribution in [1.82, 2.24) is 15.2 Å². The second-order valence-electron chi connectivity index (χ2n) is 4.13. The van der Waals surface area contributed by atoms with Gasteiger partial charge < -0.3 is 0 Å². The van der Waals surface area contributed by atoms with E-state index in [4.69, 9.17) is 0 Å². The molecule has 1 aromatic carbocycles. The van der Waals surface area contributed by atoms with Gasteiger partial charge in [0.15, 0.2) is 0 Å². The van der Waals surface area contributed by atoms with Crippen molar-refractivity contribution in [1.29, 1.82) is 0 Å². The van der Waals surface area contributed by atoms with Gasteiger partial charge >= 0.3 is 0 Å². The fraction of sp³-hybridized carbons (Fsp3) is 0.273. The first kappa shape index (κ1) is 13.5. The number of benzene rings is 1. The van der Waals surface area contributed by atoms with Crippen LogP contribution in [0, 0.1) is 15.9 Å². The Kier molecular flexibility index (Phi) is 3.79. The van der Waals surface area contributed by atoms with Gasteiger partial charge in [0, 0.05) is 5.92 Å². The number of H-pyrrole nitrogens is 1. The molecule has 1 heterocycles. The van der Waals surface area contributed by atoms with Crippen molar-refractivity contribution >= 4 is 17.4 Å². The second kappa shape index (κ2) is 5.35. The van der Waals surface area contributed by atoms with Crippen molar-refractivity contribution < 1.29 is 9.31 Å². The number of nitro groups is 1. The lowest BCUT2D eigenvalue weighted by molar-refractivity contribution is -0.387. The monoisotopic (exact) mass is 282 g/mol. The van der Waals surface area contributed by atoms with E-state index in [-0.39, 0.29) is 11.6 Å². The highest BCUT2D eigenvalue weighted by molar-refractivity contribution is 7.99. The molecule has 0 atom stereocenters. The number of nitro benzene ring substituents is 1. The molecule has 1 aromatic heterocycles. The highest BCUT2D eigenvalue weighted by Crippen LogP contribution is 2.33. The van der Waals surface area contributed by atoms with Crippen LogP contribution in [0.15, 0.2) is 28.3 Å². The van der Waals surface area contributed by atoms with Crippen LogP contribution in [-0.4, -0.2) is 20.1 Å². The predicted molar refractivity (Wildman–Crippen MR) is 67.6 cm³/mol. The molecular formula is C11H11FN4O2S. The van der Waals surface area contributed by atoms with Crippen molar-refractivity contribution in [3.05, 3.63) is 40.0 Å². The molecule has 0 bridgehead atoms. The molecule has 0 unspecified atom stereocenters. The lowest BCUT2D eigenvalue weighted by atomic mass is 10.2. The Morgan fingerprint density at radius 1 is 1.47 bits per heavy atom. The first-order valence-corrected chi connectivity index (χ1v) is 6.33. The Balaban J connectivity index is 2.29. The lowest BCUT2D eigenvalue weighted by Crippen LogP contribution is -1.92. The molecule has 19 heavy (non-hydrogen) atoms. The van der Waals surface area contributed by atoms with Gasteiger partial charge in [-0.3, -0.25) is 15.2 Å². The van der Waals surface area contributed by atoms with E-state index in [1.165, 1.54) is 12.1 Å². The summed E-state index contributed by atoms with van der Waals surface area (Å²) in [5.41, 5.74) is -0.291. The molecule has 0 aliphatic carbocycles. The molecule has 0 fully saturated rings. The standard InChI is InChI=1S/C11H11FN4O2S/c1-6(2)10-13-11(15-14-10)19-9-4-3-7(12)5-8(9)16(17)18/h3-6H,1-2H3,(H,13,14,15). The number of hydrogen-bond donors (Lipinski definition) is 1. The zero-order valence-electron chi connectivity index (χ0n) is 10.3. The molecule has 0 saturated heterocycles. The third kappa shape index (κ3) is 3.08. The largest absolute Gasteiger partial charge is 0.286 e. The van der Waals surface area contributed by atoms with Crippen LogP contribution in [0.2, 0.25) is 0 Å². The molecule has 0 radical (unpaired) electrons. The van der Waals surface area contributed by atoms with Crippen molar-refractivity contribution in [2.45, 2.75) is 29.8 Å². The summed E-state index contributed by atoms with van der Waals surface area (Å²) in [4.78, 5) is 14.7. The minimum atomic E-state index is -0.645. The van der Waals surface area contributed by atoms with Gasteiger partial charge in [-0.15, -0.1) is 5.10 Å². The number of nitrogens with zero attached hydrogens (tertiary/aromatic N) is 3. The average Bonchev–Trinajstić information content (AvgIpc) is 2.80. The Hall–Kier alpha value is -1.96. The minimum absolute atomic E-state index is 0.185. The van der Waals surface area contributed by atoms with Gasteiger partial charge in [-0.25, -0.2) is 9.37 Å². The average molecular weight is 282 g/mol. The Bertz CT molecular complexity index is 614. The molecule has 0 aliphatic heterocycles. The van der Waals surface area contributed by atoms with Crippen LogP contribution in [0.4, 0.5) is 10.1 Å². The number of nitrogens with one attached hydrogen (secondary N) is 1. The van der Waals surface area contributed by atoms with Gasteiger partial charge in [0.2, 0.25) is 5.16 Å². The van der Waals surface area contributed by atoms with Crippen molar-refractivity contribution in [3.63, 3.8) is 0 Å². The van der Waals surface area contributed by atoms with E-state index >= 15 is 0 Å². The van der Waals surface area contributed by atoms with Crippen LogP contribution >= 0.6 is 11.8 Å². The van der Waals surface area contributed by atoms with Crippen molar-refractivity contribution in [3.8, 4) is 0 Å². The van der Waals surface area contributed by atoms with E-state index in [1.807, 2.05) is 13.8 Å². The summed E-state index contributed by atoms with van der Waals surface area (Å²) in [5, 5.41) is 18.0. The second-order valence-corrected chi connectivity index (χ2v) is 5.14. The third-order valence-corrected chi connectivity index (χ3v) is 3.28. The molecule has 0 spiro atoms. The number of rotatable bonds is 4. The van der Waals surface area contributed by atoms with Crippen molar-refractivity contribution in [2.24, 2.45) is 0 Å². The summed E-state index contributed by atoms with van der Waals surface area (Å²) in [6, 6.07) is 3.41. The van der Waals surface area contributed by atoms with Gasteiger partial charge in [0.05, 0.1) is 15.9 Å². The highest BCUT2D eigenvalue weighted by atomic mass is 32.2. The summed E-state index contributed by atoms with van der Waals surface area (Å²) in [7, 11) is 0. The van der Waals surface area contributed by atoms with Gasteiger partial charge in [0.1, 0.15) is 11.6 Å². The lowest BCUT2D eigenvalue weighted by Gasteiger charge is -1.99. The summed E-state index contributed by atoms with van der Waals surface area (Å²) in [6.45, 7) is 3.91. The summed E-state index contributed by atoms with van der Waals surface area (Å²) < 4.78 is 13.0. The van der Waals surface area contributed by atoms with Gasteiger partial charge in [-0.2, -0.15) is 0 Å². The highest BCUT2D eigenvalue weighted by Gasteiger charge is 2.18. The summed E-state index contributed by atoms with van der Waals surface area (Å²) >= 11 is 1.03. The molecule has 8 heteroatoms. The van der Waals surface area contributed by atoms with Crippen LogP contribution in [-0.2, 0) is 0 Å². The molecule has 1 N–H and O–H groups in total. The smallest absolute Gasteiger partial charge is 0.262 e. The summed E-state index contributed by atoms with van der Waals surface area (Å²) in [6.07, 6.45) is 0. The maximum Gasteiger partial charge on any atom is 0.286 e. The fourth-order valence-electron chi connectivity index (χ4n) is 1.38. The topological polar surface area (TPSA) is 84.7 Å². The number of hydrogen-bond acceptors (Lipinski definition) is 5. The van der Waals surface area contributed by atoms with Crippen LogP contribution in [0.3, 0.4) is 0 Å². The zero-order valence-corrected chi connectivity index (χ0v) is 11.1. The molecule has 0 amide bonds. The Morgan fingerprint density at radius 3 is 2.79 bits per heavy atom. The van der Waals surface area contributed by atoms with E-state index in [0.29, 0.717) is 15.9 Å². The van der Waals surface area contributed by atoms with Gasteiger partial charge in [0.25, 0.3) is 5.69 Å². The minimum Gasteiger partial charge on any atom is -0.262 e. The number of halogens is 1. The SMILES string of the molecule is CC(C)c1nc(Sc2ccc(F)cc2[N+](=O)[O-])n[nH]1. The normalized spacial score (nSPS) is 10.9. The Morgan fingerprint density at radius 2 is 2.21 bits per heavy atom. The quantitative estimate of drug-likeness (QED) is 0.688. The maximum atomic E-state index is 13.0. The van der Waals surface area contributed by atoms with Crippen LogP contribution < -0.4 is 0 Å². The molecule has 6 nitrogen and oxygen atoms in total. The third-order valence-electron chi connectivity index (χ3n) is 2.35. The molecular weight excluding hydrogens is 271 g/mol. The molecule has 0 saturated carbocycles. The van der Waals surface area contributed by atoms with E-state index in [0.717, 1.165) is 17.8 Å². The zero-order chi connectivity index (χ0) is 14.0. The van der Waals surface area contributed by atoms with E-state index in [2.05, 4.69) is 15.2 Å². The van der Waals surface area contributed by atoms with Crippen LogP contribution in [0.5, 0.6) is 0 Å². The van der Waals surface area contributed by atoms with Crippen molar-refractivity contribution in [2.75, 3.05) is 0 Å². The van der Waals surface area contributed by atoms with Crippen LogP contribution in [0.1, 0.15) is 25.6 Å². The maximum absolute atomic E-state index is 13.0. The summed E-state index contributed by atoms with van der Waals surface area (Å²) in [5.74, 6) is 0.242. The van der Waals surface area contributed by atoms with E-state index < -0.39 is 10.7 Å². The van der Waals surface area contributed by atoms with Crippen LogP contribution in [0.25, 0.3) is 0 Å². The predicted octanol–water partition coefficient (Wildman–Crippen LogP) is 3.13. The molecule has 100 valence electrons. The van der Waals surface area contributed by atoms with E-state index in [9.17, 15) is 14.5 Å². The first-order chi connectivity index (χ1) is 8.97. The molecule has 2 rings (SSSR count).